The molecule has 5 nitrogen and oxygen atoms in total. The number of hydrogen-bond acceptors (Lipinski definition) is 4. The zero-order valence-corrected chi connectivity index (χ0v) is 9.28. The van der Waals surface area contributed by atoms with Gasteiger partial charge in [0, 0.05) is 20.3 Å². The van der Waals surface area contributed by atoms with Crippen molar-refractivity contribution in [2.45, 2.75) is 6.10 Å². The van der Waals surface area contributed by atoms with E-state index in [2.05, 4.69) is 0 Å². The van der Waals surface area contributed by atoms with Gasteiger partial charge in [0.1, 0.15) is 25.0 Å². The summed E-state index contributed by atoms with van der Waals surface area (Å²) in [4.78, 5) is 0.904. The fourth-order valence-electron chi connectivity index (χ4n) is 1.60. The van der Waals surface area contributed by atoms with Crippen molar-refractivity contribution < 1.29 is 24.6 Å². The largest absolute Gasteiger partial charge is 0.504 e. The number of methoxy groups -OCH3 is 2. The molecule has 0 aromatic heterocycles. The van der Waals surface area contributed by atoms with E-state index < -0.39 is 6.10 Å². The molecule has 0 saturated carbocycles. The van der Waals surface area contributed by atoms with Gasteiger partial charge in [0.15, 0.2) is 11.5 Å². The molecule has 0 saturated heterocycles. The Morgan fingerprint density at radius 2 is 1.93 bits per heavy atom. The van der Waals surface area contributed by atoms with Crippen molar-refractivity contribution in [2.75, 3.05) is 34.5 Å². The Morgan fingerprint density at radius 3 is 2.47 bits per heavy atom. The van der Waals surface area contributed by atoms with E-state index in [1.807, 2.05) is 7.05 Å². The molecule has 1 aliphatic rings. The number of aliphatic hydroxyl groups excluding tert-OH is 2. The van der Waals surface area contributed by atoms with Crippen LogP contribution in [-0.4, -0.2) is 50.8 Å². The minimum Gasteiger partial charge on any atom is -0.504 e. The lowest BCUT2D eigenvalue weighted by Gasteiger charge is -2.25. The summed E-state index contributed by atoms with van der Waals surface area (Å²) >= 11 is 0. The summed E-state index contributed by atoms with van der Waals surface area (Å²) in [7, 11) is 5.02. The van der Waals surface area contributed by atoms with Gasteiger partial charge >= 0.3 is 0 Å². The Morgan fingerprint density at radius 1 is 1.33 bits per heavy atom. The molecule has 0 amide bonds. The second kappa shape index (κ2) is 5.27. The molecular formula is C10H18NO4+. The van der Waals surface area contributed by atoms with Gasteiger partial charge < -0.3 is 19.7 Å². The van der Waals surface area contributed by atoms with Crippen LogP contribution in [0, 0.1) is 0 Å². The van der Waals surface area contributed by atoms with E-state index in [4.69, 9.17) is 9.47 Å². The quantitative estimate of drug-likeness (QED) is 0.553. The number of ether oxygens (including phenoxy) is 2. The fraction of sp³-hybridized carbons (Fsp3) is 0.600. The van der Waals surface area contributed by atoms with E-state index in [1.165, 1.54) is 0 Å². The summed E-state index contributed by atoms with van der Waals surface area (Å²) in [6.07, 6.45) is 0.636. The van der Waals surface area contributed by atoms with E-state index >= 15 is 0 Å². The van der Waals surface area contributed by atoms with Gasteiger partial charge in [0.25, 0.3) is 0 Å². The molecule has 0 aromatic rings. The summed E-state index contributed by atoms with van der Waals surface area (Å²) in [6.45, 7) is 0.708. The van der Waals surface area contributed by atoms with Crippen LogP contribution in [0.2, 0.25) is 0 Å². The summed E-state index contributed by atoms with van der Waals surface area (Å²) < 4.78 is 10.00. The molecule has 2 atom stereocenters. The fourth-order valence-corrected chi connectivity index (χ4v) is 1.60. The van der Waals surface area contributed by atoms with Crippen molar-refractivity contribution in [2.24, 2.45) is 0 Å². The highest BCUT2D eigenvalue weighted by Gasteiger charge is 2.30. The number of hydrogen-bond donors (Lipinski definition) is 3. The summed E-state index contributed by atoms with van der Waals surface area (Å²) in [6, 6.07) is 0. The van der Waals surface area contributed by atoms with Gasteiger partial charge in [-0.2, -0.15) is 0 Å². The van der Waals surface area contributed by atoms with Gasteiger partial charge in [-0.05, 0) is 0 Å². The lowest BCUT2D eigenvalue weighted by Crippen LogP contribution is -3.07. The highest BCUT2D eigenvalue weighted by molar-refractivity contribution is 5.19. The van der Waals surface area contributed by atoms with Gasteiger partial charge in [-0.15, -0.1) is 0 Å². The maximum Gasteiger partial charge on any atom is 0.185 e. The summed E-state index contributed by atoms with van der Waals surface area (Å²) in [5.41, 5.74) is 1.52. The van der Waals surface area contributed by atoms with Gasteiger partial charge in [-0.1, -0.05) is 0 Å². The van der Waals surface area contributed by atoms with Gasteiger partial charge in [-0.3, -0.25) is 4.90 Å². The first-order valence-electron chi connectivity index (χ1n) is 4.74. The second-order valence-electron chi connectivity index (χ2n) is 3.49. The van der Waals surface area contributed by atoms with Crippen LogP contribution in [0.15, 0.2) is 23.2 Å². The molecule has 0 bridgehead atoms. The first-order valence-corrected chi connectivity index (χ1v) is 4.74. The number of nitrogens with one attached hydrogen (secondary N) is 1. The molecule has 0 spiro atoms. The van der Waals surface area contributed by atoms with Crippen LogP contribution in [-0.2, 0) is 9.47 Å². The molecule has 1 aliphatic heterocycles. The molecule has 86 valence electrons. The van der Waals surface area contributed by atoms with E-state index in [0.717, 1.165) is 10.6 Å². The zero-order chi connectivity index (χ0) is 11.4. The number of rotatable bonds is 4. The predicted octanol–water partition coefficient (Wildman–Crippen LogP) is -1.18. The Balaban J connectivity index is 2.89. The first-order chi connectivity index (χ1) is 7.11. The summed E-state index contributed by atoms with van der Waals surface area (Å²) in [5, 5.41) is 19.2. The van der Waals surface area contributed by atoms with Crippen LogP contribution in [0.5, 0.6) is 0 Å². The van der Waals surface area contributed by atoms with E-state index in [9.17, 15) is 10.2 Å². The van der Waals surface area contributed by atoms with E-state index in [0.29, 0.717) is 12.3 Å². The normalized spacial score (nSPS) is 26.8. The lowest BCUT2D eigenvalue weighted by molar-refractivity contribution is -0.803. The Labute approximate surface area is 89.2 Å². The third-order valence-electron chi connectivity index (χ3n) is 2.47. The van der Waals surface area contributed by atoms with Crippen LogP contribution < -0.4 is 4.90 Å². The highest BCUT2D eigenvalue weighted by atomic mass is 16.5. The number of quaternary nitrogens is 1. The smallest absolute Gasteiger partial charge is 0.185 e. The molecule has 15 heavy (non-hydrogen) atoms. The van der Waals surface area contributed by atoms with Crippen molar-refractivity contribution in [3.63, 3.8) is 0 Å². The van der Waals surface area contributed by atoms with Crippen molar-refractivity contribution in [3.8, 4) is 0 Å². The number of likely N-dealkylation sites (N-methyl/N-ethyl adjacent to an activating group) is 1. The Hall–Kier alpha value is -0.880. The van der Waals surface area contributed by atoms with Gasteiger partial charge in [-0.25, -0.2) is 0 Å². The van der Waals surface area contributed by atoms with Crippen molar-refractivity contribution in [1.29, 1.82) is 0 Å². The van der Waals surface area contributed by atoms with Crippen LogP contribution in [0.4, 0.5) is 0 Å². The monoisotopic (exact) mass is 216 g/mol. The third-order valence-corrected chi connectivity index (χ3v) is 2.47. The molecular weight excluding hydrogens is 198 g/mol. The molecule has 0 aliphatic carbocycles. The Bertz CT molecular complexity index is 285. The van der Waals surface area contributed by atoms with Crippen LogP contribution in [0.3, 0.4) is 0 Å². The molecule has 1 rings (SSSR count). The van der Waals surface area contributed by atoms with Crippen LogP contribution in [0.25, 0.3) is 0 Å². The predicted molar refractivity (Wildman–Crippen MR) is 54.4 cm³/mol. The minimum atomic E-state index is -0.955. The molecule has 2 unspecified atom stereocenters. The Kier molecular flexibility index (Phi) is 4.28. The topological polar surface area (TPSA) is 63.4 Å². The van der Waals surface area contributed by atoms with Gasteiger partial charge in [0.05, 0.1) is 7.05 Å². The van der Waals surface area contributed by atoms with E-state index in [-0.39, 0.29) is 12.4 Å². The average molecular weight is 216 g/mol. The first kappa shape index (κ1) is 12.2. The molecule has 0 aromatic carbocycles. The standard InChI is InChI=1S/C10H17NO4/c1-11-7(5-14-2)4-9(12)10(13)8(11)6-15-3/h4,9,12-13H,5-6H2,1-3H3/p+1. The molecule has 5 heteroatoms. The summed E-state index contributed by atoms with van der Waals surface area (Å²) in [5.74, 6) is -0.0331. The van der Waals surface area contributed by atoms with Crippen molar-refractivity contribution in [3.05, 3.63) is 23.2 Å². The second-order valence-corrected chi connectivity index (χ2v) is 3.49. The molecule has 1 heterocycles. The van der Waals surface area contributed by atoms with E-state index in [1.54, 1.807) is 20.3 Å². The minimum absolute atomic E-state index is 0.0331. The average Bonchev–Trinajstić information content (AvgIpc) is 2.21. The molecule has 3 N–H and O–H groups in total. The van der Waals surface area contributed by atoms with Crippen molar-refractivity contribution >= 4 is 0 Å². The zero-order valence-electron chi connectivity index (χ0n) is 9.28. The SMILES string of the molecule is COCC1=CC(O)C(O)=C(COC)[NH+]1C. The maximum atomic E-state index is 9.67. The highest BCUT2D eigenvalue weighted by Crippen LogP contribution is 2.10. The lowest BCUT2D eigenvalue weighted by atomic mass is 10.1. The van der Waals surface area contributed by atoms with Crippen LogP contribution >= 0.6 is 0 Å². The molecule has 0 radical (unpaired) electrons. The van der Waals surface area contributed by atoms with Crippen molar-refractivity contribution in [1.82, 2.24) is 0 Å². The number of aliphatic hydroxyl groups is 2. The molecule has 0 fully saturated rings. The third kappa shape index (κ3) is 2.57. The van der Waals surface area contributed by atoms with Crippen LogP contribution in [0.1, 0.15) is 0 Å². The maximum absolute atomic E-state index is 9.67. The van der Waals surface area contributed by atoms with Gasteiger partial charge in [0.2, 0.25) is 0 Å².